The highest BCUT2D eigenvalue weighted by Crippen LogP contribution is 2.46. The quantitative estimate of drug-likeness (QED) is 0.492. The fraction of sp³-hybridized carbons (Fsp3) is 0.143. The zero-order valence-corrected chi connectivity index (χ0v) is 20.2. The van der Waals surface area contributed by atoms with Crippen molar-refractivity contribution in [1.82, 2.24) is 0 Å². The smallest absolute Gasteiger partial charge is 0.256 e. The molecule has 2 aliphatic heterocycles. The summed E-state index contributed by atoms with van der Waals surface area (Å²) in [6, 6.07) is 14.6. The maximum Gasteiger partial charge on any atom is 0.256 e. The molecule has 0 saturated heterocycles. The molecule has 2 heterocycles. The van der Waals surface area contributed by atoms with Crippen LogP contribution in [0.15, 0.2) is 48.5 Å². The van der Waals surface area contributed by atoms with Crippen LogP contribution in [0.3, 0.4) is 0 Å². The number of methoxy groups -OCH3 is 4. The van der Waals surface area contributed by atoms with Crippen molar-refractivity contribution in [2.75, 3.05) is 39.1 Å². The van der Waals surface area contributed by atoms with Crippen LogP contribution in [0.25, 0.3) is 23.3 Å². The van der Waals surface area contributed by atoms with Gasteiger partial charge in [0.15, 0.2) is 0 Å². The Bertz CT molecular complexity index is 1360. The maximum absolute atomic E-state index is 12.9. The number of carbonyl (C=O) groups is 2. The Morgan fingerprint density at radius 1 is 0.583 bits per heavy atom. The number of benzene rings is 3. The van der Waals surface area contributed by atoms with Gasteiger partial charge >= 0.3 is 0 Å². The highest BCUT2D eigenvalue weighted by Gasteiger charge is 2.32. The molecule has 0 radical (unpaired) electrons. The SMILES string of the molecule is COc1ccc(OC)c2c1NC(=O)/C2=C/c1cccc(/C=C2/C(=O)Nc3c(OC)ccc(OC)c32)c1. The minimum absolute atomic E-state index is 0.252. The Hall–Kier alpha value is -4.72. The van der Waals surface area contributed by atoms with Crippen molar-refractivity contribution in [3.8, 4) is 23.0 Å². The highest BCUT2D eigenvalue weighted by atomic mass is 16.5. The lowest BCUT2D eigenvalue weighted by Gasteiger charge is -2.11. The zero-order valence-electron chi connectivity index (χ0n) is 20.2. The van der Waals surface area contributed by atoms with Crippen LogP contribution in [0.1, 0.15) is 22.3 Å². The van der Waals surface area contributed by atoms with E-state index in [4.69, 9.17) is 18.9 Å². The molecule has 0 atom stereocenters. The van der Waals surface area contributed by atoms with Crippen molar-refractivity contribution < 1.29 is 28.5 Å². The van der Waals surface area contributed by atoms with Gasteiger partial charge < -0.3 is 29.6 Å². The van der Waals surface area contributed by atoms with Crippen LogP contribution in [-0.2, 0) is 9.59 Å². The molecule has 3 aromatic carbocycles. The van der Waals surface area contributed by atoms with Crippen molar-refractivity contribution in [1.29, 1.82) is 0 Å². The molecular weight excluding hydrogens is 460 g/mol. The average Bonchev–Trinajstić information content (AvgIpc) is 3.39. The van der Waals surface area contributed by atoms with Gasteiger partial charge in [0.2, 0.25) is 0 Å². The molecule has 36 heavy (non-hydrogen) atoms. The van der Waals surface area contributed by atoms with E-state index in [0.717, 1.165) is 11.1 Å². The molecule has 0 aliphatic carbocycles. The first-order valence-corrected chi connectivity index (χ1v) is 11.2. The van der Waals surface area contributed by atoms with Crippen molar-refractivity contribution in [3.63, 3.8) is 0 Å². The first kappa shape index (κ1) is 23.0. The van der Waals surface area contributed by atoms with E-state index in [2.05, 4.69) is 10.6 Å². The van der Waals surface area contributed by atoms with Crippen LogP contribution in [0, 0.1) is 0 Å². The van der Waals surface area contributed by atoms with E-state index in [-0.39, 0.29) is 11.8 Å². The van der Waals surface area contributed by atoms with Gasteiger partial charge in [0.25, 0.3) is 11.8 Å². The van der Waals surface area contributed by atoms with Crippen LogP contribution < -0.4 is 29.6 Å². The Balaban J connectivity index is 1.58. The van der Waals surface area contributed by atoms with E-state index in [0.29, 0.717) is 56.6 Å². The molecule has 2 N–H and O–H groups in total. The Labute approximate surface area is 208 Å². The summed E-state index contributed by atoms with van der Waals surface area (Å²) in [5.74, 6) is 1.73. The van der Waals surface area contributed by atoms with E-state index in [1.807, 2.05) is 24.3 Å². The largest absolute Gasteiger partial charge is 0.496 e. The summed E-state index contributed by atoms with van der Waals surface area (Å²) in [5.41, 5.74) is 4.92. The maximum atomic E-state index is 12.9. The number of hydrogen-bond donors (Lipinski definition) is 2. The number of amides is 2. The fourth-order valence-electron chi connectivity index (χ4n) is 4.53. The number of ether oxygens (including phenoxy) is 4. The summed E-state index contributed by atoms with van der Waals surface area (Å²) >= 11 is 0. The van der Waals surface area contributed by atoms with Crippen LogP contribution in [-0.4, -0.2) is 40.3 Å². The molecule has 2 aliphatic rings. The van der Waals surface area contributed by atoms with Gasteiger partial charge in [0, 0.05) is 0 Å². The summed E-state index contributed by atoms with van der Waals surface area (Å²) in [5, 5.41) is 5.75. The van der Waals surface area contributed by atoms with Crippen LogP contribution in [0.4, 0.5) is 11.4 Å². The van der Waals surface area contributed by atoms with Crippen LogP contribution in [0.2, 0.25) is 0 Å². The summed E-state index contributed by atoms with van der Waals surface area (Å²) in [6.45, 7) is 0. The van der Waals surface area contributed by atoms with E-state index in [9.17, 15) is 9.59 Å². The van der Waals surface area contributed by atoms with Gasteiger partial charge in [-0.15, -0.1) is 0 Å². The number of anilines is 2. The molecule has 5 rings (SSSR count). The molecule has 8 nitrogen and oxygen atoms in total. The van der Waals surface area contributed by atoms with E-state index in [1.54, 1.807) is 64.9 Å². The number of fused-ring (bicyclic) bond motifs is 2. The van der Waals surface area contributed by atoms with Crippen molar-refractivity contribution in [3.05, 3.63) is 70.8 Å². The summed E-state index contributed by atoms with van der Waals surface area (Å²) < 4.78 is 21.8. The molecular formula is C28H24N2O6. The molecule has 0 aromatic heterocycles. The fourth-order valence-corrected chi connectivity index (χ4v) is 4.53. The number of carbonyl (C=O) groups excluding carboxylic acids is 2. The Morgan fingerprint density at radius 3 is 1.36 bits per heavy atom. The van der Waals surface area contributed by atoms with Gasteiger partial charge in [-0.25, -0.2) is 0 Å². The van der Waals surface area contributed by atoms with Gasteiger partial charge in [-0.3, -0.25) is 9.59 Å². The number of nitrogens with one attached hydrogen (secondary N) is 2. The molecule has 0 bridgehead atoms. The summed E-state index contributed by atoms with van der Waals surface area (Å²) in [6.07, 6.45) is 3.58. The highest BCUT2D eigenvalue weighted by molar-refractivity contribution is 6.37. The predicted octanol–water partition coefficient (Wildman–Crippen LogP) is 4.71. The third-order valence-electron chi connectivity index (χ3n) is 6.18. The monoisotopic (exact) mass is 484 g/mol. The van der Waals surface area contributed by atoms with Crippen molar-refractivity contribution in [2.45, 2.75) is 0 Å². The Kier molecular flexibility index (Phi) is 5.85. The lowest BCUT2D eigenvalue weighted by atomic mass is 9.99. The van der Waals surface area contributed by atoms with E-state index >= 15 is 0 Å². The molecule has 3 aromatic rings. The lowest BCUT2D eigenvalue weighted by molar-refractivity contribution is -0.111. The van der Waals surface area contributed by atoms with Gasteiger partial charge in [-0.05, 0) is 53.6 Å². The van der Waals surface area contributed by atoms with Crippen LogP contribution >= 0.6 is 0 Å². The first-order chi connectivity index (χ1) is 17.5. The summed E-state index contributed by atoms with van der Waals surface area (Å²) in [4.78, 5) is 25.7. The second-order valence-corrected chi connectivity index (χ2v) is 8.13. The normalized spacial score (nSPS) is 15.9. The third-order valence-corrected chi connectivity index (χ3v) is 6.18. The number of rotatable bonds is 6. The lowest BCUT2D eigenvalue weighted by Crippen LogP contribution is -2.04. The van der Waals surface area contributed by atoms with Crippen molar-refractivity contribution >= 4 is 46.5 Å². The van der Waals surface area contributed by atoms with Gasteiger partial charge in [0.1, 0.15) is 23.0 Å². The minimum atomic E-state index is -0.252. The molecule has 0 unspecified atom stereocenters. The van der Waals surface area contributed by atoms with Crippen molar-refractivity contribution in [2.24, 2.45) is 0 Å². The average molecular weight is 485 g/mol. The standard InChI is InChI=1S/C28H24N2O6/c1-33-19-8-10-21(35-3)25-23(19)17(27(31)29-25)13-15-6-5-7-16(12-15)14-18-24-20(34-2)9-11-22(36-4)26(24)30-28(18)32/h5-14H,1-4H3,(H,29,31)(H,30,32)/b17-13+,18-14+. The summed E-state index contributed by atoms with van der Waals surface area (Å²) in [7, 11) is 6.22. The molecule has 0 spiro atoms. The first-order valence-electron chi connectivity index (χ1n) is 11.2. The molecule has 0 saturated carbocycles. The van der Waals surface area contributed by atoms with Gasteiger partial charge in [-0.1, -0.05) is 18.2 Å². The molecule has 2 amide bonds. The molecule has 8 heteroatoms. The minimum Gasteiger partial charge on any atom is -0.496 e. The topological polar surface area (TPSA) is 95.1 Å². The predicted molar refractivity (Wildman–Crippen MR) is 139 cm³/mol. The Morgan fingerprint density at radius 2 is 0.972 bits per heavy atom. The van der Waals surface area contributed by atoms with E-state index in [1.165, 1.54) is 0 Å². The number of hydrogen-bond acceptors (Lipinski definition) is 6. The second-order valence-electron chi connectivity index (χ2n) is 8.13. The second kappa shape index (κ2) is 9.14. The van der Waals surface area contributed by atoms with E-state index < -0.39 is 0 Å². The molecule has 182 valence electrons. The third kappa shape index (κ3) is 3.73. The van der Waals surface area contributed by atoms with Crippen LogP contribution in [0.5, 0.6) is 23.0 Å². The zero-order chi connectivity index (χ0) is 25.4. The van der Waals surface area contributed by atoms with Gasteiger partial charge in [0.05, 0.1) is 62.1 Å². The molecule has 0 fully saturated rings. The van der Waals surface area contributed by atoms with Gasteiger partial charge in [-0.2, -0.15) is 0 Å².